The van der Waals surface area contributed by atoms with Crippen molar-refractivity contribution in [1.82, 2.24) is 0 Å². The third-order valence-corrected chi connectivity index (χ3v) is 2.30. The summed E-state index contributed by atoms with van der Waals surface area (Å²) >= 11 is 0. The minimum Gasteiger partial charge on any atom is -0.481 e. The molecule has 0 amide bonds. The standard InChI is InChI=1S/C10H22O2.C4H6O4/c1-3-5-7-9-11-12-10-8-6-4-2;5-3(6)1-2-4(7)8/h3-10H2,1-2H3;1-2H2,(H,5,6)(H,7,8). The number of hydrogen-bond acceptors (Lipinski definition) is 4. The highest BCUT2D eigenvalue weighted by molar-refractivity contribution is 5.75. The van der Waals surface area contributed by atoms with Crippen molar-refractivity contribution in [2.45, 2.75) is 65.2 Å². The summed E-state index contributed by atoms with van der Waals surface area (Å²) in [4.78, 5) is 29.2. The van der Waals surface area contributed by atoms with Gasteiger partial charge in [-0.05, 0) is 12.8 Å². The lowest BCUT2D eigenvalue weighted by molar-refractivity contribution is -0.295. The normalized spacial score (nSPS) is 9.70. The zero-order valence-electron chi connectivity index (χ0n) is 12.6. The van der Waals surface area contributed by atoms with Gasteiger partial charge < -0.3 is 10.2 Å². The monoisotopic (exact) mass is 292 g/mol. The van der Waals surface area contributed by atoms with Gasteiger partial charge in [-0.25, -0.2) is 9.78 Å². The Balaban J connectivity index is 0. The molecule has 0 aromatic heterocycles. The average Bonchev–Trinajstić information content (AvgIpc) is 2.40. The summed E-state index contributed by atoms with van der Waals surface area (Å²) in [6.45, 7) is 5.87. The average molecular weight is 292 g/mol. The first-order valence-electron chi connectivity index (χ1n) is 7.22. The second-order valence-electron chi connectivity index (χ2n) is 4.35. The molecule has 0 spiro atoms. The van der Waals surface area contributed by atoms with Crippen LogP contribution in [0, 0.1) is 0 Å². The van der Waals surface area contributed by atoms with Crippen LogP contribution in [-0.4, -0.2) is 35.4 Å². The maximum atomic E-state index is 9.64. The first kappa shape index (κ1) is 21.2. The number of carboxylic acids is 2. The Morgan fingerprint density at radius 3 is 1.35 bits per heavy atom. The Morgan fingerprint density at radius 2 is 1.10 bits per heavy atom. The number of aliphatic carboxylic acids is 2. The Morgan fingerprint density at radius 1 is 0.750 bits per heavy atom. The summed E-state index contributed by atoms with van der Waals surface area (Å²) in [7, 11) is 0. The fourth-order valence-electron chi connectivity index (χ4n) is 1.15. The van der Waals surface area contributed by atoms with Gasteiger partial charge in [0.15, 0.2) is 0 Å². The molecule has 0 aliphatic carbocycles. The summed E-state index contributed by atoms with van der Waals surface area (Å²) < 4.78 is 0. The molecule has 0 rings (SSSR count). The van der Waals surface area contributed by atoms with Gasteiger partial charge in [0.05, 0.1) is 26.1 Å². The second kappa shape index (κ2) is 17.9. The van der Waals surface area contributed by atoms with E-state index in [1.807, 2.05) is 0 Å². The van der Waals surface area contributed by atoms with Crippen LogP contribution in [0.1, 0.15) is 65.2 Å². The molecule has 6 nitrogen and oxygen atoms in total. The van der Waals surface area contributed by atoms with E-state index in [4.69, 9.17) is 20.0 Å². The van der Waals surface area contributed by atoms with E-state index >= 15 is 0 Å². The van der Waals surface area contributed by atoms with Crippen LogP contribution in [0.4, 0.5) is 0 Å². The van der Waals surface area contributed by atoms with Gasteiger partial charge in [-0.3, -0.25) is 9.59 Å². The van der Waals surface area contributed by atoms with Crippen LogP contribution >= 0.6 is 0 Å². The summed E-state index contributed by atoms with van der Waals surface area (Å²) in [5, 5.41) is 15.8. The molecule has 20 heavy (non-hydrogen) atoms. The Kier molecular flexibility index (Phi) is 18.9. The molecule has 0 unspecified atom stereocenters. The van der Waals surface area contributed by atoms with Crippen LogP contribution in [0.25, 0.3) is 0 Å². The van der Waals surface area contributed by atoms with Crippen molar-refractivity contribution in [3.05, 3.63) is 0 Å². The summed E-state index contributed by atoms with van der Waals surface area (Å²) in [6, 6.07) is 0. The first-order valence-corrected chi connectivity index (χ1v) is 7.22. The van der Waals surface area contributed by atoms with Crippen molar-refractivity contribution in [2.75, 3.05) is 13.2 Å². The smallest absolute Gasteiger partial charge is 0.303 e. The number of rotatable bonds is 12. The van der Waals surface area contributed by atoms with Crippen molar-refractivity contribution >= 4 is 11.9 Å². The quantitative estimate of drug-likeness (QED) is 0.326. The van der Waals surface area contributed by atoms with E-state index in [0.29, 0.717) is 0 Å². The van der Waals surface area contributed by atoms with Gasteiger partial charge in [0, 0.05) is 0 Å². The highest BCUT2D eigenvalue weighted by Crippen LogP contribution is 1.97. The molecule has 0 aromatic rings. The van der Waals surface area contributed by atoms with Gasteiger partial charge in [0.2, 0.25) is 0 Å². The van der Waals surface area contributed by atoms with Crippen molar-refractivity contribution in [2.24, 2.45) is 0 Å². The molecule has 0 aromatic carbocycles. The zero-order valence-corrected chi connectivity index (χ0v) is 12.6. The van der Waals surface area contributed by atoms with Crippen molar-refractivity contribution in [3.8, 4) is 0 Å². The van der Waals surface area contributed by atoms with Crippen LogP contribution in [0.5, 0.6) is 0 Å². The van der Waals surface area contributed by atoms with Gasteiger partial charge in [-0.2, -0.15) is 0 Å². The van der Waals surface area contributed by atoms with E-state index in [1.54, 1.807) is 0 Å². The first-order chi connectivity index (χ1) is 9.54. The minimum atomic E-state index is -1.08. The molecule has 120 valence electrons. The topological polar surface area (TPSA) is 93.1 Å². The molecule has 6 heteroatoms. The molecule has 0 aliphatic heterocycles. The highest BCUT2D eigenvalue weighted by Gasteiger charge is 2.00. The molecule has 0 heterocycles. The molecule has 0 bridgehead atoms. The Bertz CT molecular complexity index is 206. The molecule has 0 saturated carbocycles. The molecular formula is C14H28O6. The van der Waals surface area contributed by atoms with Crippen molar-refractivity contribution < 1.29 is 29.6 Å². The predicted octanol–water partition coefficient (Wildman–Crippen LogP) is 3.25. The van der Waals surface area contributed by atoms with Gasteiger partial charge in [0.25, 0.3) is 0 Å². The lowest BCUT2D eigenvalue weighted by atomic mass is 10.3. The predicted molar refractivity (Wildman–Crippen MR) is 75.5 cm³/mol. The number of carbonyl (C=O) groups is 2. The number of unbranched alkanes of at least 4 members (excludes halogenated alkanes) is 4. The van der Waals surface area contributed by atoms with Gasteiger partial charge in [-0.15, -0.1) is 0 Å². The summed E-state index contributed by atoms with van der Waals surface area (Å²) in [5.74, 6) is -2.15. The van der Waals surface area contributed by atoms with Gasteiger partial charge in [0.1, 0.15) is 0 Å². The Hall–Kier alpha value is -1.14. The summed E-state index contributed by atoms with van der Waals surface area (Å²) in [5.41, 5.74) is 0. The highest BCUT2D eigenvalue weighted by atomic mass is 17.2. The molecule has 0 fully saturated rings. The van der Waals surface area contributed by atoms with Crippen molar-refractivity contribution in [3.63, 3.8) is 0 Å². The van der Waals surface area contributed by atoms with E-state index in [0.717, 1.165) is 26.1 Å². The fourth-order valence-corrected chi connectivity index (χ4v) is 1.15. The SMILES string of the molecule is CCCCCOOCCCCC.O=C(O)CCC(=O)O. The van der Waals surface area contributed by atoms with Crippen LogP contribution in [0.15, 0.2) is 0 Å². The van der Waals surface area contributed by atoms with Gasteiger partial charge >= 0.3 is 11.9 Å². The maximum absolute atomic E-state index is 9.64. The number of carboxylic acid groups (broad SMARTS) is 2. The Labute approximate surface area is 121 Å². The van der Waals surface area contributed by atoms with Crippen LogP contribution in [0.2, 0.25) is 0 Å². The van der Waals surface area contributed by atoms with Crippen molar-refractivity contribution in [1.29, 1.82) is 0 Å². The lowest BCUT2D eigenvalue weighted by Crippen LogP contribution is -2.00. The minimum absolute atomic E-state index is 0.296. The van der Waals surface area contributed by atoms with Crippen LogP contribution in [-0.2, 0) is 19.4 Å². The number of hydrogen-bond donors (Lipinski definition) is 2. The largest absolute Gasteiger partial charge is 0.481 e. The molecule has 0 atom stereocenters. The van der Waals surface area contributed by atoms with Gasteiger partial charge in [-0.1, -0.05) is 39.5 Å². The molecule has 0 radical (unpaired) electrons. The van der Waals surface area contributed by atoms with E-state index in [1.165, 1.54) is 25.7 Å². The molecular weight excluding hydrogens is 264 g/mol. The van der Waals surface area contributed by atoms with Crippen LogP contribution in [0.3, 0.4) is 0 Å². The van der Waals surface area contributed by atoms with E-state index < -0.39 is 11.9 Å². The second-order valence-corrected chi connectivity index (χ2v) is 4.35. The summed E-state index contributed by atoms with van der Waals surface area (Å²) in [6.07, 6.45) is 6.58. The molecule has 0 aliphatic rings. The van der Waals surface area contributed by atoms with E-state index in [9.17, 15) is 9.59 Å². The van der Waals surface area contributed by atoms with Crippen LogP contribution < -0.4 is 0 Å². The fraction of sp³-hybridized carbons (Fsp3) is 0.857. The van der Waals surface area contributed by atoms with E-state index in [-0.39, 0.29) is 12.8 Å². The third-order valence-electron chi connectivity index (χ3n) is 2.30. The maximum Gasteiger partial charge on any atom is 0.303 e. The molecule has 2 N–H and O–H groups in total. The molecule has 0 saturated heterocycles. The van der Waals surface area contributed by atoms with E-state index in [2.05, 4.69) is 13.8 Å². The zero-order chi connectivity index (χ0) is 15.6. The lowest BCUT2D eigenvalue weighted by Gasteiger charge is -2.02. The third kappa shape index (κ3) is 25.6.